The number of allylic oxidation sites excluding steroid dienone is 2. The molecule has 1 aliphatic rings. The second kappa shape index (κ2) is 4.22. The highest BCUT2D eigenvalue weighted by Crippen LogP contribution is 2.44. The molecular formula is C11H16O2S. The van der Waals surface area contributed by atoms with Gasteiger partial charge in [0.2, 0.25) is 5.12 Å². The van der Waals surface area contributed by atoms with Gasteiger partial charge in [-0.2, -0.15) is 0 Å². The maximum atomic E-state index is 11.4. The molecule has 0 saturated carbocycles. The summed E-state index contributed by atoms with van der Waals surface area (Å²) in [5.74, 6) is 0.244. The van der Waals surface area contributed by atoms with Crippen molar-refractivity contribution in [2.75, 3.05) is 0 Å². The van der Waals surface area contributed by atoms with Crippen molar-refractivity contribution < 1.29 is 9.90 Å². The van der Waals surface area contributed by atoms with Gasteiger partial charge >= 0.3 is 0 Å². The number of hydrogen-bond donors (Lipinski definition) is 1. The molecule has 0 bridgehead atoms. The van der Waals surface area contributed by atoms with E-state index in [1.807, 2.05) is 13.0 Å². The molecule has 1 aliphatic heterocycles. The van der Waals surface area contributed by atoms with Crippen molar-refractivity contribution in [3.05, 3.63) is 23.5 Å². The predicted molar refractivity (Wildman–Crippen MR) is 60.4 cm³/mol. The Hall–Kier alpha value is -0.700. The van der Waals surface area contributed by atoms with E-state index in [-0.39, 0.29) is 10.9 Å². The monoisotopic (exact) mass is 212 g/mol. The summed E-state index contributed by atoms with van der Waals surface area (Å²) in [7, 11) is 0. The second-order valence-corrected chi connectivity index (χ2v) is 5.15. The number of aliphatic hydroxyl groups excluding tert-OH is 1. The Balaban J connectivity index is 2.78. The topological polar surface area (TPSA) is 37.3 Å². The van der Waals surface area contributed by atoms with Crippen LogP contribution in [0.3, 0.4) is 0 Å². The fourth-order valence-corrected chi connectivity index (χ4v) is 2.52. The summed E-state index contributed by atoms with van der Waals surface area (Å²) in [6.07, 6.45) is 5.77. The normalized spacial score (nSPS) is 28.1. The third kappa shape index (κ3) is 2.03. The van der Waals surface area contributed by atoms with Gasteiger partial charge in [0.1, 0.15) is 5.76 Å². The Labute approximate surface area is 89.1 Å². The van der Waals surface area contributed by atoms with E-state index in [4.69, 9.17) is 0 Å². The average Bonchev–Trinajstić information content (AvgIpc) is 2.32. The van der Waals surface area contributed by atoms with Crippen LogP contribution in [-0.2, 0) is 4.79 Å². The van der Waals surface area contributed by atoms with Crippen molar-refractivity contribution in [1.82, 2.24) is 0 Å². The van der Waals surface area contributed by atoms with E-state index in [0.717, 1.165) is 6.42 Å². The molecule has 1 N–H and O–H groups in total. The Morgan fingerprint density at radius 2 is 2.14 bits per heavy atom. The zero-order chi connectivity index (χ0) is 10.8. The molecule has 0 aliphatic carbocycles. The largest absolute Gasteiger partial charge is 0.510 e. The molecule has 0 aromatic carbocycles. The molecule has 1 rings (SSSR count). The summed E-state index contributed by atoms with van der Waals surface area (Å²) in [5, 5.41) is 9.79. The van der Waals surface area contributed by atoms with Crippen molar-refractivity contribution in [3.63, 3.8) is 0 Å². The van der Waals surface area contributed by atoms with Gasteiger partial charge in [-0.1, -0.05) is 30.8 Å². The molecule has 0 radical (unpaired) electrons. The number of carbonyl (C=O) groups excluding carboxylic acids is 1. The lowest BCUT2D eigenvalue weighted by Gasteiger charge is -2.20. The maximum absolute atomic E-state index is 11.4. The summed E-state index contributed by atoms with van der Waals surface area (Å²) in [5.41, 5.74) is 0.502. The van der Waals surface area contributed by atoms with Gasteiger partial charge in [-0.15, -0.1) is 0 Å². The van der Waals surface area contributed by atoms with Crippen LogP contribution in [0.2, 0.25) is 0 Å². The van der Waals surface area contributed by atoms with Crippen LogP contribution in [-0.4, -0.2) is 15.0 Å². The Morgan fingerprint density at radius 3 is 2.57 bits per heavy atom. The fraction of sp³-hybridized carbons (Fsp3) is 0.545. The first-order valence-corrected chi connectivity index (χ1v) is 5.61. The SMILES string of the molecule is CC/C=C/CC1(C)SC(=O)C(C)=C1O. The number of rotatable bonds is 3. The summed E-state index contributed by atoms with van der Waals surface area (Å²) >= 11 is 1.22. The van der Waals surface area contributed by atoms with Gasteiger partial charge in [0, 0.05) is 5.57 Å². The van der Waals surface area contributed by atoms with Gasteiger partial charge in [-0.05, 0) is 26.7 Å². The minimum atomic E-state index is -0.438. The minimum absolute atomic E-state index is 0.00472. The lowest BCUT2D eigenvalue weighted by Crippen LogP contribution is -2.19. The maximum Gasteiger partial charge on any atom is 0.219 e. The molecule has 0 saturated heterocycles. The molecule has 3 heteroatoms. The lowest BCUT2D eigenvalue weighted by molar-refractivity contribution is -0.107. The van der Waals surface area contributed by atoms with Crippen LogP contribution in [0.1, 0.15) is 33.6 Å². The highest BCUT2D eigenvalue weighted by atomic mass is 32.2. The first-order chi connectivity index (χ1) is 6.51. The first kappa shape index (κ1) is 11.4. The van der Waals surface area contributed by atoms with Gasteiger partial charge in [0.05, 0.1) is 4.75 Å². The lowest BCUT2D eigenvalue weighted by atomic mass is 10.0. The van der Waals surface area contributed by atoms with E-state index in [2.05, 4.69) is 13.0 Å². The molecule has 1 heterocycles. The molecule has 2 nitrogen and oxygen atoms in total. The highest BCUT2D eigenvalue weighted by molar-refractivity contribution is 8.15. The Morgan fingerprint density at radius 1 is 1.50 bits per heavy atom. The van der Waals surface area contributed by atoms with E-state index < -0.39 is 4.75 Å². The van der Waals surface area contributed by atoms with Crippen molar-refractivity contribution in [1.29, 1.82) is 0 Å². The van der Waals surface area contributed by atoms with E-state index in [1.54, 1.807) is 6.92 Å². The van der Waals surface area contributed by atoms with Crippen molar-refractivity contribution in [2.45, 2.75) is 38.4 Å². The molecule has 0 aromatic heterocycles. The van der Waals surface area contributed by atoms with Gasteiger partial charge in [0.25, 0.3) is 0 Å². The van der Waals surface area contributed by atoms with Crippen LogP contribution < -0.4 is 0 Å². The molecule has 14 heavy (non-hydrogen) atoms. The van der Waals surface area contributed by atoms with E-state index in [9.17, 15) is 9.90 Å². The van der Waals surface area contributed by atoms with Crippen molar-refractivity contribution in [2.24, 2.45) is 0 Å². The predicted octanol–water partition coefficient (Wildman–Crippen LogP) is 3.21. The average molecular weight is 212 g/mol. The van der Waals surface area contributed by atoms with Gasteiger partial charge in [-0.25, -0.2) is 0 Å². The molecule has 1 atom stereocenters. The molecule has 0 amide bonds. The number of carbonyl (C=O) groups is 1. The number of hydrogen-bond acceptors (Lipinski definition) is 3. The number of thioether (sulfide) groups is 1. The third-order valence-corrected chi connectivity index (χ3v) is 3.69. The van der Waals surface area contributed by atoms with Gasteiger partial charge in [-0.3, -0.25) is 4.79 Å². The van der Waals surface area contributed by atoms with Gasteiger partial charge < -0.3 is 5.11 Å². The molecule has 0 fully saturated rings. The van der Waals surface area contributed by atoms with Gasteiger partial charge in [0.15, 0.2) is 0 Å². The van der Waals surface area contributed by atoms with Crippen LogP contribution in [0.15, 0.2) is 23.5 Å². The summed E-state index contributed by atoms with van der Waals surface area (Å²) < 4.78 is -0.438. The zero-order valence-corrected chi connectivity index (χ0v) is 9.65. The summed E-state index contributed by atoms with van der Waals surface area (Å²) in [6, 6.07) is 0. The first-order valence-electron chi connectivity index (χ1n) is 4.80. The Bertz CT molecular complexity index is 304. The third-order valence-electron chi connectivity index (χ3n) is 2.39. The van der Waals surface area contributed by atoms with Crippen LogP contribution in [0.25, 0.3) is 0 Å². The summed E-state index contributed by atoms with van der Waals surface area (Å²) in [4.78, 5) is 11.4. The quantitative estimate of drug-likeness (QED) is 0.730. The van der Waals surface area contributed by atoms with Crippen molar-refractivity contribution in [3.8, 4) is 0 Å². The molecule has 0 aromatic rings. The Kier molecular flexibility index (Phi) is 3.43. The van der Waals surface area contributed by atoms with Crippen LogP contribution in [0, 0.1) is 0 Å². The molecule has 78 valence electrons. The second-order valence-electron chi connectivity index (χ2n) is 3.68. The highest BCUT2D eigenvalue weighted by Gasteiger charge is 2.40. The molecule has 0 spiro atoms. The van der Waals surface area contributed by atoms with Crippen LogP contribution >= 0.6 is 11.8 Å². The fourth-order valence-electron chi connectivity index (χ4n) is 1.44. The zero-order valence-electron chi connectivity index (χ0n) is 8.83. The minimum Gasteiger partial charge on any atom is -0.510 e. The van der Waals surface area contributed by atoms with E-state index in [1.165, 1.54) is 11.8 Å². The number of aliphatic hydroxyl groups is 1. The van der Waals surface area contributed by atoms with E-state index >= 15 is 0 Å². The standard InChI is InChI=1S/C11H16O2S/c1-4-5-6-7-11(3)9(12)8(2)10(13)14-11/h5-6,12H,4,7H2,1-3H3/b6-5+. The van der Waals surface area contributed by atoms with Crippen LogP contribution in [0.5, 0.6) is 0 Å². The molecule has 1 unspecified atom stereocenters. The van der Waals surface area contributed by atoms with E-state index in [0.29, 0.717) is 12.0 Å². The smallest absolute Gasteiger partial charge is 0.219 e. The molecular weight excluding hydrogens is 196 g/mol. The van der Waals surface area contributed by atoms with Crippen LogP contribution in [0.4, 0.5) is 0 Å². The van der Waals surface area contributed by atoms with Crippen molar-refractivity contribution >= 4 is 16.9 Å². The summed E-state index contributed by atoms with van der Waals surface area (Å²) in [6.45, 7) is 5.65.